The minimum atomic E-state index is -0.125. The smallest absolute Gasteiger partial charge is 0.0340 e. The van der Waals surface area contributed by atoms with Crippen LogP contribution in [0.4, 0.5) is 0 Å². The van der Waals surface area contributed by atoms with Crippen LogP contribution in [0.1, 0.15) is 128 Å². The van der Waals surface area contributed by atoms with Crippen LogP contribution in [0.3, 0.4) is 0 Å². The molecule has 9 aliphatic rings. The molecule has 0 aromatic heterocycles. The van der Waals surface area contributed by atoms with Crippen molar-refractivity contribution in [2.75, 3.05) is 0 Å². The maximum absolute atomic E-state index is 2.68. The summed E-state index contributed by atoms with van der Waals surface area (Å²) in [6.07, 6.45) is 12.7. The van der Waals surface area contributed by atoms with E-state index in [0.717, 1.165) is 35.5 Å². The van der Waals surface area contributed by atoms with E-state index >= 15 is 0 Å². The topological polar surface area (TPSA) is 0 Å². The summed E-state index contributed by atoms with van der Waals surface area (Å²) >= 11 is 0. The molecule has 0 heterocycles. The standard InChI is InChI=1S/C63H56/c1-61(2)56-32-41(42-18-23-53-49-13-7-9-15-55(49)63(59(53)33-42)46-28-38-26-39(30-46)31-47(63)29-38)17-22-50(56)51-24-19-43(34-57(51)61)60(40-10-4-3-5-11-40)44-20-25-52-48-12-6-8-14-54(48)62(58(52)35-44)36-37-16-21-45(62)27-37/h3-15,17-20,22-25,32-35,37-39,45-47,60H,16,21,26-31,36H2,1-2H3. The van der Waals surface area contributed by atoms with Gasteiger partial charge in [-0.2, -0.15) is 0 Å². The van der Waals surface area contributed by atoms with E-state index in [1.807, 2.05) is 0 Å². The average molecular weight is 813 g/mol. The molecule has 9 aliphatic carbocycles. The number of hydrogen-bond acceptors (Lipinski definition) is 0. The molecular formula is C63H56. The number of hydrogen-bond donors (Lipinski definition) is 0. The lowest BCUT2D eigenvalue weighted by molar-refractivity contribution is -0.0399. The van der Waals surface area contributed by atoms with E-state index in [4.69, 9.17) is 0 Å². The van der Waals surface area contributed by atoms with Gasteiger partial charge in [-0.1, -0.05) is 160 Å². The predicted octanol–water partition coefficient (Wildman–Crippen LogP) is 15.6. The SMILES string of the molecule is CC1(C)c2cc(-c3ccc4c(c3)C3(c5ccccc5-4)C4CC5CC(C4)CC3C5)ccc2-c2ccc(C(c3ccccc3)c3ccc4c(c3)C3(CC5CCC3C5)c3ccccc3-4)cc21. The molecule has 0 saturated heterocycles. The number of rotatable bonds is 4. The van der Waals surface area contributed by atoms with Crippen molar-refractivity contribution in [1.82, 2.24) is 0 Å². The Kier molecular flexibility index (Phi) is 7.08. The molecule has 63 heavy (non-hydrogen) atoms. The molecule has 6 bridgehead atoms. The van der Waals surface area contributed by atoms with Crippen LogP contribution in [0.15, 0.2) is 152 Å². The summed E-state index contributed by atoms with van der Waals surface area (Å²) in [5.74, 6) is 5.23. The molecule has 308 valence electrons. The van der Waals surface area contributed by atoms with Gasteiger partial charge in [-0.25, -0.2) is 0 Å². The summed E-state index contributed by atoms with van der Waals surface area (Å²) < 4.78 is 0. The summed E-state index contributed by atoms with van der Waals surface area (Å²) in [5.41, 5.74) is 25.4. The van der Waals surface area contributed by atoms with Crippen LogP contribution >= 0.6 is 0 Å². The third kappa shape index (κ3) is 4.54. The molecule has 7 aromatic rings. The number of benzene rings is 7. The molecule has 6 fully saturated rings. The van der Waals surface area contributed by atoms with Gasteiger partial charge in [0.1, 0.15) is 0 Å². The molecule has 0 nitrogen and oxygen atoms in total. The Morgan fingerprint density at radius 3 is 1.54 bits per heavy atom. The Morgan fingerprint density at radius 2 is 0.889 bits per heavy atom. The first-order valence-corrected chi connectivity index (χ1v) is 24.7. The highest BCUT2D eigenvalue weighted by Gasteiger charge is 2.62. The Balaban J connectivity index is 0.826. The molecule has 0 aliphatic heterocycles. The van der Waals surface area contributed by atoms with Crippen molar-refractivity contribution in [1.29, 1.82) is 0 Å². The zero-order chi connectivity index (χ0) is 41.4. The van der Waals surface area contributed by atoms with Crippen molar-refractivity contribution in [3.05, 3.63) is 202 Å². The van der Waals surface area contributed by atoms with E-state index < -0.39 is 0 Å². The van der Waals surface area contributed by atoms with Crippen molar-refractivity contribution in [2.45, 2.75) is 93.8 Å². The molecule has 6 saturated carbocycles. The van der Waals surface area contributed by atoms with Crippen LogP contribution < -0.4 is 0 Å². The highest BCUT2D eigenvalue weighted by Crippen LogP contribution is 2.70. The van der Waals surface area contributed by atoms with Crippen LogP contribution in [0, 0.1) is 35.5 Å². The van der Waals surface area contributed by atoms with E-state index in [1.54, 1.807) is 22.3 Å². The van der Waals surface area contributed by atoms with E-state index in [0.29, 0.717) is 0 Å². The van der Waals surface area contributed by atoms with Crippen molar-refractivity contribution >= 4 is 0 Å². The van der Waals surface area contributed by atoms with Gasteiger partial charge in [-0.3, -0.25) is 0 Å². The van der Waals surface area contributed by atoms with Gasteiger partial charge >= 0.3 is 0 Å². The molecule has 4 atom stereocenters. The van der Waals surface area contributed by atoms with E-state index in [2.05, 4.69) is 166 Å². The zero-order valence-electron chi connectivity index (χ0n) is 36.8. The van der Waals surface area contributed by atoms with Gasteiger partial charge in [-0.05, 0) is 194 Å². The van der Waals surface area contributed by atoms with Crippen molar-refractivity contribution in [2.24, 2.45) is 35.5 Å². The summed E-state index contributed by atoms with van der Waals surface area (Å²) in [5, 5.41) is 0. The predicted molar refractivity (Wildman–Crippen MR) is 258 cm³/mol. The molecule has 4 unspecified atom stereocenters. The Labute approximate surface area is 373 Å². The summed E-state index contributed by atoms with van der Waals surface area (Å²) in [7, 11) is 0. The Hall–Kier alpha value is -5.46. The minimum Gasteiger partial charge on any atom is -0.0622 e. The summed E-state index contributed by atoms with van der Waals surface area (Å²) in [4.78, 5) is 0. The molecule has 0 heteroatoms. The Bertz CT molecular complexity index is 3060. The quantitative estimate of drug-likeness (QED) is 0.155. The fourth-order valence-corrected chi connectivity index (χ4v) is 17.3. The summed E-state index contributed by atoms with van der Waals surface area (Å²) in [6, 6.07) is 60.6. The highest BCUT2D eigenvalue weighted by molar-refractivity contribution is 5.88. The van der Waals surface area contributed by atoms with E-state index in [9.17, 15) is 0 Å². The fraction of sp³-hybridized carbons (Fsp3) is 0.333. The third-order valence-electron chi connectivity index (χ3n) is 19.5. The van der Waals surface area contributed by atoms with Crippen LogP contribution in [0.25, 0.3) is 44.5 Å². The van der Waals surface area contributed by atoms with Crippen molar-refractivity contribution in [3.63, 3.8) is 0 Å². The average Bonchev–Trinajstić information content (AvgIpc) is 4.11. The molecule has 16 rings (SSSR count). The second-order valence-electron chi connectivity index (χ2n) is 22.4. The molecule has 7 aromatic carbocycles. The van der Waals surface area contributed by atoms with Crippen LogP contribution in [-0.4, -0.2) is 0 Å². The van der Waals surface area contributed by atoms with Gasteiger partial charge in [0.15, 0.2) is 0 Å². The second-order valence-corrected chi connectivity index (χ2v) is 22.4. The molecule has 0 amide bonds. The van der Waals surface area contributed by atoms with Gasteiger partial charge in [0.2, 0.25) is 0 Å². The van der Waals surface area contributed by atoms with Crippen molar-refractivity contribution < 1.29 is 0 Å². The van der Waals surface area contributed by atoms with E-state index in [-0.39, 0.29) is 22.2 Å². The molecule has 0 radical (unpaired) electrons. The lowest BCUT2D eigenvalue weighted by Gasteiger charge is -2.61. The normalized spacial score (nSPS) is 30.3. The lowest BCUT2D eigenvalue weighted by Crippen LogP contribution is -2.55. The van der Waals surface area contributed by atoms with Gasteiger partial charge in [-0.15, -0.1) is 0 Å². The second kappa shape index (κ2) is 12.4. The monoisotopic (exact) mass is 812 g/mol. The first kappa shape index (κ1) is 35.9. The highest BCUT2D eigenvalue weighted by atomic mass is 14.6. The lowest BCUT2D eigenvalue weighted by atomic mass is 9.43. The number of fused-ring (bicyclic) bond motifs is 14. The summed E-state index contributed by atoms with van der Waals surface area (Å²) in [6.45, 7) is 4.97. The van der Waals surface area contributed by atoms with Crippen molar-refractivity contribution in [3.8, 4) is 44.5 Å². The van der Waals surface area contributed by atoms with Crippen LogP contribution in [-0.2, 0) is 16.2 Å². The Morgan fingerprint density at radius 1 is 0.381 bits per heavy atom. The fourth-order valence-electron chi connectivity index (χ4n) is 17.3. The largest absolute Gasteiger partial charge is 0.0622 e. The zero-order valence-corrected chi connectivity index (χ0v) is 36.8. The van der Waals surface area contributed by atoms with Gasteiger partial charge in [0.05, 0.1) is 0 Å². The maximum Gasteiger partial charge on any atom is 0.0340 e. The minimum absolute atomic E-state index is 0.125. The van der Waals surface area contributed by atoms with Gasteiger partial charge in [0, 0.05) is 22.2 Å². The molecular weight excluding hydrogens is 757 g/mol. The van der Waals surface area contributed by atoms with Crippen LogP contribution in [0.5, 0.6) is 0 Å². The van der Waals surface area contributed by atoms with Gasteiger partial charge in [0.25, 0.3) is 0 Å². The van der Waals surface area contributed by atoms with Gasteiger partial charge < -0.3 is 0 Å². The third-order valence-corrected chi connectivity index (χ3v) is 19.5. The first-order valence-electron chi connectivity index (χ1n) is 24.7. The van der Waals surface area contributed by atoms with E-state index in [1.165, 1.54) is 130 Å². The maximum atomic E-state index is 2.68. The molecule has 0 N–H and O–H groups in total. The van der Waals surface area contributed by atoms with Crippen LogP contribution in [0.2, 0.25) is 0 Å². The first-order chi connectivity index (χ1) is 30.9. The molecule has 2 spiro atoms.